The summed E-state index contributed by atoms with van der Waals surface area (Å²) in [5.41, 5.74) is 2.90. The maximum atomic E-state index is 12.4. The molecule has 0 saturated heterocycles. The highest BCUT2D eigenvalue weighted by atomic mass is 127. The van der Waals surface area contributed by atoms with Crippen molar-refractivity contribution in [3.05, 3.63) is 317 Å². The van der Waals surface area contributed by atoms with Crippen molar-refractivity contribution in [3.8, 4) is 0 Å². The molecule has 0 atom stereocenters. The first-order valence-electron chi connectivity index (χ1n) is 37.7. The van der Waals surface area contributed by atoms with Crippen LogP contribution in [0.1, 0.15) is 68.1 Å². The molecule has 0 saturated carbocycles. The van der Waals surface area contributed by atoms with Crippen molar-refractivity contribution in [2.75, 3.05) is 25.8 Å². The van der Waals surface area contributed by atoms with Gasteiger partial charge in [-0.15, -0.1) is 0 Å². The van der Waals surface area contributed by atoms with Gasteiger partial charge in [0.05, 0.1) is 18.1 Å². The third kappa shape index (κ3) is 57.5. The van der Waals surface area contributed by atoms with Crippen molar-refractivity contribution in [1.29, 1.82) is 0 Å². The molecule has 0 unspecified atom stereocenters. The number of amides is 4. The van der Waals surface area contributed by atoms with E-state index in [1.54, 1.807) is 12.1 Å². The van der Waals surface area contributed by atoms with E-state index in [0.29, 0.717) is 28.2 Å². The molecular weight excluding hydrogens is 1800 g/mol. The first-order valence-corrected chi connectivity index (χ1v) is 64.2. The van der Waals surface area contributed by atoms with Gasteiger partial charge in [-0.05, 0) is 204 Å². The van der Waals surface area contributed by atoms with Crippen LogP contribution in [-0.4, -0.2) is 107 Å². The molecule has 0 aliphatic carbocycles. The fraction of sp³-hybridized carbons (Fsp3) is 0.333. The summed E-state index contributed by atoms with van der Waals surface area (Å²) in [5.74, 6) is 0.0451. The molecule has 24 heteroatoms. The Morgan fingerprint density at radius 2 is 0.595 bits per heavy atom. The van der Waals surface area contributed by atoms with Gasteiger partial charge in [0, 0.05) is 87.8 Å². The van der Waals surface area contributed by atoms with Crippen LogP contribution < -0.4 is 21.3 Å². The van der Waals surface area contributed by atoms with Crippen molar-refractivity contribution in [1.82, 2.24) is 21.3 Å². The molecule has 0 radical (unpaired) electrons. The van der Waals surface area contributed by atoms with Gasteiger partial charge in [0.25, 0.3) is 23.6 Å². The molecule has 0 bridgehead atoms. The number of halogens is 6. The van der Waals surface area contributed by atoms with Gasteiger partial charge in [0.1, 0.15) is 0 Å². The van der Waals surface area contributed by atoms with E-state index >= 15 is 0 Å². The van der Waals surface area contributed by atoms with Crippen LogP contribution in [0.2, 0.25) is 150 Å². The predicted molar refractivity (Wildman–Crippen MR) is 512 cm³/mol. The number of nitrogens with one attached hydrogen (secondary N) is 4. The zero-order chi connectivity index (χ0) is 83.4. The third-order valence-electron chi connectivity index (χ3n) is 15.1. The summed E-state index contributed by atoms with van der Waals surface area (Å²) in [5, 5.41) is 13.9. The molecule has 0 heterocycles. The summed E-state index contributed by atoms with van der Waals surface area (Å²) < 4.78 is 23.4. The summed E-state index contributed by atoms with van der Waals surface area (Å²) in [6.45, 7) is 42.4. The second-order valence-corrected chi connectivity index (χ2v) is 69.4. The average molecular weight is 1930 g/mol. The summed E-state index contributed by atoms with van der Waals surface area (Å²) in [6.07, 6.45) is 3.04. The minimum atomic E-state index is -2.90. The second-order valence-electron chi connectivity index (χ2n) is 31.4. The largest absolute Gasteiger partial charge is 0.471 e. The lowest BCUT2D eigenvalue weighted by molar-refractivity contribution is 0.0945. The number of carbonyl (C=O) groups is 4. The molecule has 0 fully saturated rings. The third-order valence-corrected chi connectivity index (χ3v) is 37.9. The van der Waals surface area contributed by atoms with Crippen molar-refractivity contribution in [3.63, 3.8) is 0 Å². The Morgan fingerprint density at radius 3 is 0.820 bits per heavy atom. The second kappa shape index (κ2) is 57.0. The Kier molecular flexibility index (Phi) is 53.3. The maximum Gasteiger partial charge on any atom is 0.471 e. The molecule has 111 heavy (non-hydrogen) atoms. The van der Waals surface area contributed by atoms with Crippen LogP contribution in [0.15, 0.2) is 276 Å². The SMILES string of the molecule is Brc1ccccc1.Brc1ccccc1.CC[Si](C)(CC)CCCNC(=O)c1ccccc1.C[Si](C)(C)CCCNC(=O)c1ccccc1.C[Si](C)(C)CNC(=O)c1ccccc1.C[Si](C)(C)O[Si](CCNC(=O)c1ccccc1)(O[Si](C)(C)C)O[Si](C)(C)C.Clc1ccccc1.Clc1ccccc1Cl.Ic1ccccc1. The number of hydrogen-bond acceptors (Lipinski definition) is 7. The number of hydrogen-bond donors (Lipinski definition) is 4. The van der Waals surface area contributed by atoms with E-state index in [2.05, 4.69) is 206 Å². The van der Waals surface area contributed by atoms with Crippen LogP contribution in [0.25, 0.3) is 0 Å². The Hall–Kier alpha value is -5.18. The molecular formula is C87H124Br2Cl3IN4O7Si7. The summed E-state index contributed by atoms with van der Waals surface area (Å²) in [4.78, 5) is 47.5. The molecule has 11 nitrogen and oxygen atoms in total. The summed E-state index contributed by atoms with van der Waals surface area (Å²) in [7, 11) is -11.7. The zero-order valence-electron chi connectivity index (χ0n) is 68.8. The Bertz CT molecular complexity index is 3700. The average Bonchev–Trinajstić information content (AvgIpc) is 0.802. The molecule has 9 rings (SSSR count). The first-order chi connectivity index (χ1) is 52.1. The van der Waals surface area contributed by atoms with Crippen LogP contribution >= 0.6 is 89.3 Å². The molecule has 0 aliphatic heterocycles. The first kappa shape index (κ1) is 104. The van der Waals surface area contributed by atoms with E-state index < -0.39 is 58.0 Å². The van der Waals surface area contributed by atoms with Gasteiger partial charge < -0.3 is 33.6 Å². The van der Waals surface area contributed by atoms with Gasteiger partial charge in [-0.25, -0.2) is 0 Å². The van der Waals surface area contributed by atoms with Crippen molar-refractivity contribution < 1.29 is 31.5 Å². The molecule has 604 valence electrons. The lowest BCUT2D eigenvalue weighted by Gasteiger charge is -2.42. The van der Waals surface area contributed by atoms with E-state index in [-0.39, 0.29) is 23.6 Å². The standard InChI is InChI=1S/C18H37NO4Si4.C15H25NOSi.C13H21NOSi.C11H17NOSi.2C6H5Br.C6H4Cl2.C6H5Cl.C6H5I/c1-24(2,3)21-27(22-25(4,5)6,23-26(7,8)9)16-15-19-18(20)17-13-11-10-12-14-17;1-4-18(3,5-2)13-9-12-16-15(17)14-10-7-6-8-11-14;1-16(2,3)11-7-10-14-13(15)12-8-5-4-6-9-12;1-14(2,3)9-12-11(13)10-7-5-4-6-8-10;2*7-6-4-2-1-3-5-6;7-5-3-1-2-4-6(5)8;2*7-6-4-2-1-3-5-6/h10-14H,15-16H2,1-9H3,(H,19,20);6-8,10-11H,4-5,9,12-13H2,1-3H3,(H,16,17);4-6,8-9H,7,10-11H2,1-3H3,(H,14,15);4-8H,9H2,1-3H3,(H,12,13);2*1-5H;1-4H;2*1-5H. The Morgan fingerprint density at radius 1 is 0.333 bits per heavy atom. The highest BCUT2D eigenvalue weighted by Gasteiger charge is 2.49. The van der Waals surface area contributed by atoms with Gasteiger partial charge in [-0.2, -0.15) is 0 Å². The van der Waals surface area contributed by atoms with Crippen LogP contribution in [0.3, 0.4) is 0 Å². The quantitative estimate of drug-likeness (QED) is 0.0253. The normalized spacial score (nSPS) is 11.0. The lowest BCUT2D eigenvalue weighted by Crippen LogP contribution is -2.61. The molecule has 0 aromatic heterocycles. The molecule has 0 spiro atoms. The van der Waals surface area contributed by atoms with E-state index in [4.69, 9.17) is 47.1 Å². The highest BCUT2D eigenvalue weighted by molar-refractivity contribution is 14.1. The van der Waals surface area contributed by atoms with Crippen LogP contribution in [0, 0.1) is 3.57 Å². The maximum absolute atomic E-state index is 12.4. The Labute approximate surface area is 720 Å². The fourth-order valence-corrected chi connectivity index (χ4v) is 29.4. The highest BCUT2D eigenvalue weighted by Crippen LogP contribution is 2.29. The van der Waals surface area contributed by atoms with E-state index in [1.807, 2.05) is 243 Å². The van der Waals surface area contributed by atoms with Gasteiger partial charge in [0.2, 0.25) is 0 Å². The summed E-state index contributed by atoms with van der Waals surface area (Å²) >= 11 is 25.6. The number of benzene rings is 9. The lowest BCUT2D eigenvalue weighted by atomic mass is 10.2. The van der Waals surface area contributed by atoms with Crippen molar-refractivity contribution >= 4 is 171 Å². The van der Waals surface area contributed by atoms with Crippen LogP contribution in [-0.2, 0) is 12.3 Å². The van der Waals surface area contributed by atoms with E-state index in [9.17, 15) is 19.2 Å². The predicted octanol–water partition coefficient (Wildman–Crippen LogP) is 26.8. The van der Waals surface area contributed by atoms with Crippen LogP contribution in [0.4, 0.5) is 0 Å². The molecule has 9 aromatic carbocycles. The van der Waals surface area contributed by atoms with E-state index in [0.717, 1.165) is 62.8 Å². The zero-order valence-corrected chi connectivity index (χ0v) is 83.4. The molecule has 0 aliphatic rings. The topological polar surface area (TPSA) is 144 Å². The van der Waals surface area contributed by atoms with Crippen LogP contribution in [0.5, 0.6) is 0 Å². The number of rotatable bonds is 25. The monoisotopic (exact) mass is 1920 g/mol. The summed E-state index contributed by atoms with van der Waals surface area (Å²) in [6, 6.07) is 90.1. The molecule has 9 aromatic rings. The minimum absolute atomic E-state index is 0.0352. The van der Waals surface area contributed by atoms with E-state index in [1.165, 1.54) is 27.7 Å². The van der Waals surface area contributed by atoms with Gasteiger partial charge >= 0.3 is 8.80 Å². The molecule has 4 amide bonds. The fourth-order valence-electron chi connectivity index (χ4n) is 9.30. The van der Waals surface area contributed by atoms with Crippen molar-refractivity contribution in [2.24, 2.45) is 0 Å². The van der Waals surface area contributed by atoms with Gasteiger partial charge in [-0.3, -0.25) is 19.2 Å². The smallest absolute Gasteiger partial charge is 0.417 e. The minimum Gasteiger partial charge on any atom is -0.417 e. The Balaban J connectivity index is 0.000000652. The van der Waals surface area contributed by atoms with Crippen molar-refractivity contribution in [2.45, 2.75) is 162 Å². The van der Waals surface area contributed by atoms with Gasteiger partial charge in [-0.1, -0.05) is 308 Å². The molecule has 4 N–H and O–H groups in total. The van der Waals surface area contributed by atoms with Gasteiger partial charge in [0.15, 0.2) is 25.0 Å². The number of carbonyl (C=O) groups excluding carboxylic acids is 4.